The predicted molar refractivity (Wildman–Crippen MR) is 169 cm³/mol. The molecule has 210 valence electrons. The molecule has 42 heavy (non-hydrogen) atoms. The molecule has 0 radical (unpaired) electrons. The van der Waals surface area contributed by atoms with E-state index in [1.165, 1.54) is 0 Å². The molecule has 0 unspecified atom stereocenters. The third-order valence-corrected chi connectivity index (χ3v) is 8.04. The molecule has 0 atom stereocenters. The molecule has 6 rings (SSSR count). The zero-order chi connectivity index (χ0) is 29.7. The topological polar surface area (TPSA) is 40.6 Å². The van der Waals surface area contributed by atoms with Gasteiger partial charge in [-0.2, -0.15) is 0 Å². The van der Waals surface area contributed by atoms with Crippen LogP contribution in [0.4, 0.5) is 0 Å². The van der Waals surface area contributed by atoms with Crippen LogP contribution in [0.25, 0.3) is 11.4 Å². The molecule has 2 aliphatic heterocycles. The molecule has 4 aromatic carbocycles. The summed E-state index contributed by atoms with van der Waals surface area (Å²) in [4.78, 5) is 32.8. The van der Waals surface area contributed by atoms with Crippen molar-refractivity contribution in [2.45, 2.75) is 54.6 Å². The molecular formula is C38H36N2O2. The largest absolute Gasteiger partial charge is 0.302 e. The lowest BCUT2D eigenvalue weighted by molar-refractivity contribution is -0.124. The van der Waals surface area contributed by atoms with Gasteiger partial charge in [0.05, 0.1) is 35.6 Å². The summed E-state index contributed by atoms with van der Waals surface area (Å²) in [5, 5.41) is 0. The molecule has 0 aromatic heterocycles. The molecule has 0 saturated carbocycles. The summed E-state index contributed by atoms with van der Waals surface area (Å²) < 4.78 is 0. The average molecular weight is 553 g/mol. The van der Waals surface area contributed by atoms with Crippen molar-refractivity contribution in [3.63, 3.8) is 0 Å². The summed E-state index contributed by atoms with van der Waals surface area (Å²) in [5.74, 6) is -0.264. The first-order valence-corrected chi connectivity index (χ1v) is 14.5. The van der Waals surface area contributed by atoms with Crippen LogP contribution in [0.1, 0.15) is 55.6 Å². The second-order valence-electron chi connectivity index (χ2n) is 12.0. The minimum Gasteiger partial charge on any atom is -0.302 e. The van der Waals surface area contributed by atoms with Gasteiger partial charge >= 0.3 is 0 Å². The Morgan fingerprint density at radius 1 is 0.452 bits per heavy atom. The van der Waals surface area contributed by atoms with Gasteiger partial charge in [-0.05, 0) is 69.9 Å². The lowest BCUT2D eigenvalue weighted by Crippen LogP contribution is -2.29. The Bertz CT molecular complexity index is 1780. The smallest absolute Gasteiger partial charge is 0.261 e. The number of carbonyl (C=O) groups is 2. The third-order valence-electron chi connectivity index (χ3n) is 8.04. The fourth-order valence-electron chi connectivity index (χ4n) is 6.49. The summed E-state index contributed by atoms with van der Waals surface area (Å²) in [6.07, 6.45) is 0. The number of rotatable bonds is 6. The van der Waals surface area contributed by atoms with Crippen molar-refractivity contribution >= 4 is 23.2 Å². The Labute approximate surface area is 248 Å². The Morgan fingerprint density at radius 2 is 0.905 bits per heavy atom. The van der Waals surface area contributed by atoms with Crippen LogP contribution in [0.5, 0.6) is 0 Å². The van der Waals surface area contributed by atoms with Gasteiger partial charge in [0.25, 0.3) is 11.8 Å². The van der Waals surface area contributed by atoms with Crippen LogP contribution in [-0.2, 0) is 22.7 Å². The van der Waals surface area contributed by atoms with Gasteiger partial charge in [-0.3, -0.25) is 9.59 Å². The summed E-state index contributed by atoms with van der Waals surface area (Å²) >= 11 is 0. The molecule has 4 heteroatoms. The number of fused-ring (bicyclic) bond motifs is 1. The SMILES string of the molecule is Cc1ccc(C2=C3C(=O)N(Cc4cc(C)cc(C)c4)C(c4cccc(C)c4)=C3C(=O)N2Cc2cc(C)cc(C)c2)cc1. The number of hydrogen-bond donors (Lipinski definition) is 0. The molecule has 0 saturated heterocycles. The molecule has 2 aliphatic rings. The van der Waals surface area contributed by atoms with Gasteiger partial charge in [-0.1, -0.05) is 112 Å². The quantitative estimate of drug-likeness (QED) is 0.245. The number of benzene rings is 4. The zero-order valence-corrected chi connectivity index (χ0v) is 25.2. The van der Waals surface area contributed by atoms with Gasteiger partial charge in [0.15, 0.2) is 0 Å². The minimum absolute atomic E-state index is 0.132. The van der Waals surface area contributed by atoms with Gasteiger partial charge < -0.3 is 9.80 Å². The van der Waals surface area contributed by atoms with Gasteiger partial charge in [-0.15, -0.1) is 0 Å². The van der Waals surface area contributed by atoms with E-state index in [9.17, 15) is 9.59 Å². The molecule has 2 heterocycles. The Hall–Kier alpha value is -4.70. The third kappa shape index (κ3) is 4.98. The predicted octanol–water partition coefficient (Wildman–Crippen LogP) is 7.74. The highest BCUT2D eigenvalue weighted by Gasteiger charge is 2.48. The summed E-state index contributed by atoms with van der Waals surface area (Å²) in [6, 6.07) is 29.0. The van der Waals surface area contributed by atoms with Crippen molar-refractivity contribution in [2.24, 2.45) is 0 Å². The number of hydrogen-bond acceptors (Lipinski definition) is 2. The second kappa shape index (κ2) is 10.6. The van der Waals surface area contributed by atoms with Crippen LogP contribution in [0, 0.1) is 41.5 Å². The fraction of sp³-hybridized carbons (Fsp3) is 0.211. The number of nitrogens with zero attached hydrogens (tertiary/aromatic N) is 2. The molecule has 0 aliphatic carbocycles. The number of amides is 2. The summed E-state index contributed by atoms with van der Waals surface area (Å²) in [7, 11) is 0. The lowest BCUT2D eigenvalue weighted by atomic mass is 10.0. The monoisotopic (exact) mass is 552 g/mol. The van der Waals surface area contributed by atoms with Crippen LogP contribution in [0.2, 0.25) is 0 Å². The van der Waals surface area contributed by atoms with Crippen LogP contribution >= 0.6 is 0 Å². The number of aryl methyl sites for hydroxylation is 6. The molecule has 0 bridgehead atoms. The van der Waals surface area contributed by atoms with E-state index < -0.39 is 0 Å². The van der Waals surface area contributed by atoms with E-state index in [4.69, 9.17) is 0 Å². The maximum atomic E-state index is 14.6. The van der Waals surface area contributed by atoms with Gasteiger partial charge in [0, 0.05) is 0 Å². The first-order valence-electron chi connectivity index (χ1n) is 14.5. The highest BCUT2D eigenvalue weighted by molar-refractivity contribution is 6.30. The fourth-order valence-corrected chi connectivity index (χ4v) is 6.49. The van der Waals surface area contributed by atoms with E-state index in [-0.39, 0.29) is 11.8 Å². The Morgan fingerprint density at radius 3 is 1.36 bits per heavy atom. The van der Waals surface area contributed by atoms with Crippen molar-refractivity contribution < 1.29 is 9.59 Å². The molecule has 0 fully saturated rings. The molecule has 2 amide bonds. The average Bonchev–Trinajstić information content (AvgIpc) is 3.34. The Balaban J connectivity index is 1.58. The maximum absolute atomic E-state index is 14.6. The van der Waals surface area contributed by atoms with Crippen molar-refractivity contribution in [1.29, 1.82) is 0 Å². The highest BCUT2D eigenvalue weighted by atomic mass is 16.2. The normalized spacial score (nSPS) is 14.9. The Kier molecular flexibility index (Phi) is 6.94. The van der Waals surface area contributed by atoms with Crippen molar-refractivity contribution in [1.82, 2.24) is 9.80 Å². The van der Waals surface area contributed by atoms with Crippen molar-refractivity contribution in [3.05, 3.63) is 152 Å². The first-order chi connectivity index (χ1) is 20.1. The van der Waals surface area contributed by atoms with E-state index in [0.29, 0.717) is 35.6 Å². The minimum atomic E-state index is -0.132. The van der Waals surface area contributed by atoms with Crippen molar-refractivity contribution in [2.75, 3.05) is 0 Å². The van der Waals surface area contributed by atoms with Crippen molar-refractivity contribution in [3.8, 4) is 0 Å². The zero-order valence-electron chi connectivity index (χ0n) is 25.2. The van der Waals surface area contributed by atoms with E-state index in [1.54, 1.807) is 0 Å². The van der Waals surface area contributed by atoms with Crippen LogP contribution in [-0.4, -0.2) is 21.6 Å². The van der Waals surface area contributed by atoms with Crippen LogP contribution in [0.3, 0.4) is 0 Å². The van der Waals surface area contributed by atoms with E-state index in [0.717, 1.165) is 55.6 Å². The molecular weight excluding hydrogens is 516 g/mol. The van der Waals surface area contributed by atoms with E-state index >= 15 is 0 Å². The van der Waals surface area contributed by atoms with Gasteiger partial charge in [0.1, 0.15) is 0 Å². The summed E-state index contributed by atoms with van der Waals surface area (Å²) in [6.45, 7) is 13.2. The van der Waals surface area contributed by atoms with Gasteiger partial charge in [0.2, 0.25) is 0 Å². The van der Waals surface area contributed by atoms with Crippen LogP contribution in [0.15, 0.2) is 96.1 Å². The second-order valence-corrected chi connectivity index (χ2v) is 12.0. The molecule has 4 nitrogen and oxygen atoms in total. The molecule has 0 spiro atoms. The molecule has 0 N–H and O–H groups in total. The van der Waals surface area contributed by atoms with E-state index in [2.05, 4.69) is 70.2 Å². The van der Waals surface area contributed by atoms with Gasteiger partial charge in [-0.25, -0.2) is 0 Å². The standard InChI is InChI=1S/C38H36N2O2/c1-23-10-12-31(13-11-23)35-33-34(38(42)39(35)21-29-16-25(3)14-26(4)17-29)36(32-9-7-8-24(2)20-32)40(37(33)41)22-30-18-27(5)15-28(6)19-30/h7-20H,21-22H2,1-6H3. The summed E-state index contributed by atoms with van der Waals surface area (Å²) in [5.41, 5.74) is 13.0. The maximum Gasteiger partial charge on any atom is 0.261 e. The lowest BCUT2D eigenvalue weighted by Gasteiger charge is -2.26. The highest BCUT2D eigenvalue weighted by Crippen LogP contribution is 2.47. The van der Waals surface area contributed by atoms with Crippen LogP contribution < -0.4 is 0 Å². The van der Waals surface area contributed by atoms with E-state index in [1.807, 2.05) is 66.1 Å². The molecule has 4 aromatic rings. The first kappa shape index (κ1) is 27.5. The number of carbonyl (C=O) groups excluding carboxylic acids is 2.